The summed E-state index contributed by atoms with van der Waals surface area (Å²) in [5.74, 6) is 0.0145. The lowest BCUT2D eigenvalue weighted by Gasteiger charge is -2.13. The van der Waals surface area contributed by atoms with E-state index in [-0.39, 0.29) is 36.0 Å². The van der Waals surface area contributed by atoms with Gasteiger partial charge >= 0.3 is 0 Å². The molecule has 2 aromatic rings. The number of benzene rings is 1. The lowest BCUT2D eigenvalue weighted by atomic mass is 10.1. The average Bonchev–Trinajstić information content (AvgIpc) is 3.35. The van der Waals surface area contributed by atoms with Crippen LogP contribution in [0.5, 0.6) is 5.75 Å². The third-order valence-corrected chi connectivity index (χ3v) is 8.34. The molecule has 7 nitrogen and oxygen atoms in total. The Morgan fingerprint density at radius 2 is 1.97 bits per heavy atom. The van der Waals surface area contributed by atoms with Crippen LogP contribution in [0.25, 0.3) is 0 Å². The smallest absolute Gasteiger partial charge is 0.262 e. The molecule has 1 aliphatic carbocycles. The number of aryl methyl sites for hydroxylation is 2. The van der Waals surface area contributed by atoms with Gasteiger partial charge in [-0.15, -0.1) is 11.3 Å². The molecule has 2 amide bonds. The van der Waals surface area contributed by atoms with Crippen LogP contribution in [0.15, 0.2) is 24.3 Å². The number of ether oxygens (including phenoxy) is 1. The van der Waals surface area contributed by atoms with Crippen LogP contribution in [-0.4, -0.2) is 44.4 Å². The minimum Gasteiger partial charge on any atom is -0.484 e. The maximum absolute atomic E-state index is 13.0. The van der Waals surface area contributed by atoms with E-state index in [1.165, 1.54) is 11.3 Å². The van der Waals surface area contributed by atoms with Crippen LogP contribution < -0.4 is 15.4 Å². The highest BCUT2D eigenvalue weighted by molar-refractivity contribution is 7.91. The fourth-order valence-corrected chi connectivity index (χ4v) is 6.82. The Morgan fingerprint density at radius 3 is 2.67 bits per heavy atom. The van der Waals surface area contributed by atoms with Crippen molar-refractivity contribution in [2.24, 2.45) is 0 Å². The number of amides is 2. The molecule has 9 heteroatoms. The number of carbonyl (C=O) groups is 2. The van der Waals surface area contributed by atoms with Crippen LogP contribution in [0, 0.1) is 6.92 Å². The summed E-state index contributed by atoms with van der Waals surface area (Å²) in [7, 11) is -3.09. The second kappa shape index (κ2) is 8.39. The summed E-state index contributed by atoms with van der Waals surface area (Å²) in [5.41, 5.74) is 2.54. The van der Waals surface area contributed by atoms with E-state index in [4.69, 9.17) is 4.74 Å². The van der Waals surface area contributed by atoms with E-state index in [0.29, 0.717) is 22.7 Å². The van der Waals surface area contributed by atoms with Gasteiger partial charge in [-0.05, 0) is 50.3 Å². The van der Waals surface area contributed by atoms with Crippen molar-refractivity contribution in [1.29, 1.82) is 0 Å². The molecule has 30 heavy (non-hydrogen) atoms. The van der Waals surface area contributed by atoms with Crippen LogP contribution in [0.2, 0.25) is 0 Å². The lowest BCUT2D eigenvalue weighted by molar-refractivity contribution is -0.118. The molecular formula is C21H24N2O5S2. The second-order valence-electron chi connectivity index (χ2n) is 7.78. The molecule has 2 heterocycles. The molecule has 1 saturated heterocycles. The number of thiophene rings is 1. The highest BCUT2D eigenvalue weighted by Gasteiger charge is 2.32. The third kappa shape index (κ3) is 4.67. The molecule has 160 valence electrons. The van der Waals surface area contributed by atoms with Crippen LogP contribution in [0.3, 0.4) is 0 Å². The Kier molecular flexibility index (Phi) is 5.84. The van der Waals surface area contributed by atoms with E-state index in [1.807, 2.05) is 19.1 Å². The molecule has 0 unspecified atom stereocenters. The van der Waals surface area contributed by atoms with Crippen molar-refractivity contribution >= 4 is 38.0 Å². The van der Waals surface area contributed by atoms with E-state index in [9.17, 15) is 18.0 Å². The summed E-state index contributed by atoms with van der Waals surface area (Å²) in [6.45, 7) is 1.81. The Balaban J connectivity index is 1.45. The van der Waals surface area contributed by atoms with Gasteiger partial charge in [-0.2, -0.15) is 0 Å². The van der Waals surface area contributed by atoms with Gasteiger partial charge in [0, 0.05) is 10.9 Å². The van der Waals surface area contributed by atoms with Gasteiger partial charge in [0.25, 0.3) is 11.8 Å². The van der Waals surface area contributed by atoms with Crippen molar-refractivity contribution in [2.45, 2.75) is 38.6 Å². The quantitative estimate of drug-likeness (QED) is 0.707. The highest BCUT2D eigenvalue weighted by Crippen LogP contribution is 2.39. The molecule has 2 aliphatic rings. The molecule has 1 atom stereocenters. The van der Waals surface area contributed by atoms with Gasteiger partial charge in [-0.25, -0.2) is 8.42 Å². The van der Waals surface area contributed by atoms with E-state index in [2.05, 4.69) is 10.6 Å². The van der Waals surface area contributed by atoms with Gasteiger partial charge in [0.05, 0.1) is 17.1 Å². The van der Waals surface area contributed by atoms with Crippen molar-refractivity contribution in [3.63, 3.8) is 0 Å². The second-order valence-corrected chi connectivity index (χ2v) is 11.1. The Labute approximate surface area is 179 Å². The lowest BCUT2D eigenvalue weighted by Crippen LogP contribution is -2.36. The number of anilines is 1. The Hall–Kier alpha value is -2.39. The molecule has 4 rings (SSSR count). The van der Waals surface area contributed by atoms with Gasteiger partial charge in [-0.3, -0.25) is 9.59 Å². The van der Waals surface area contributed by atoms with E-state index >= 15 is 0 Å². The van der Waals surface area contributed by atoms with Gasteiger partial charge in [0.15, 0.2) is 16.4 Å². The number of fused-ring (bicyclic) bond motifs is 1. The van der Waals surface area contributed by atoms with Crippen LogP contribution >= 0.6 is 11.3 Å². The maximum Gasteiger partial charge on any atom is 0.262 e. The third-order valence-electron chi connectivity index (χ3n) is 5.36. The first-order valence-electron chi connectivity index (χ1n) is 9.96. The average molecular weight is 449 g/mol. The first-order valence-corrected chi connectivity index (χ1v) is 12.6. The number of hydrogen-bond donors (Lipinski definition) is 2. The minimum atomic E-state index is -3.09. The van der Waals surface area contributed by atoms with Gasteiger partial charge < -0.3 is 15.4 Å². The summed E-state index contributed by atoms with van der Waals surface area (Å²) >= 11 is 1.42. The van der Waals surface area contributed by atoms with Gasteiger partial charge in [0.2, 0.25) is 0 Å². The summed E-state index contributed by atoms with van der Waals surface area (Å²) in [4.78, 5) is 26.5. The molecule has 1 fully saturated rings. The highest BCUT2D eigenvalue weighted by atomic mass is 32.2. The van der Waals surface area contributed by atoms with Crippen molar-refractivity contribution in [1.82, 2.24) is 5.32 Å². The number of sulfone groups is 1. The SMILES string of the molecule is Cc1ccc(OCC(=O)Nc2sc3c(c2C(=O)N[C@H]2CCS(=O)(=O)C2)CCC3)cc1. The standard InChI is InChI=1S/C21H24N2O5S2/c1-13-5-7-15(8-6-13)28-11-18(24)23-21-19(16-3-2-4-17(16)29-21)20(25)22-14-9-10-30(26,27)12-14/h5-8,14H,2-4,9-12H2,1H3,(H,22,25)(H,23,24)/t14-/m0/s1. The Bertz CT molecular complexity index is 1070. The molecular weight excluding hydrogens is 424 g/mol. The van der Waals surface area contributed by atoms with Crippen LogP contribution in [-0.2, 0) is 27.5 Å². The zero-order chi connectivity index (χ0) is 21.3. The number of hydrogen-bond acceptors (Lipinski definition) is 6. The van der Waals surface area contributed by atoms with Crippen LogP contribution in [0.1, 0.15) is 39.2 Å². The fraction of sp³-hybridized carbons (Fsp3) is 0.429. The number of carbonyl (C=O) groups excluding carboxylic acids is 2. The summed E-state index contributed by atoms with van der Waals surface area (Å²) < 4.78 is 28.9. The molecule has 0 bridgehead atoms. The zero-order valence-corrected chi connectivity index (χ0v) is 18.3. The molecule has 0 radical (unpaired) electrons. The van der Waals surface area contributed by atoms with Crippen molar-refractivity contribution in [2.75, 3.05) is 23.4 Å². The number of rotatable bonds is 6. The Morgan fingerprint density at radius 1 is 1.20 bits per heavy atom. The normalized spacial score (nSPS) is 19.3. The van der Waals surface area contributed by atoms with E-state index in [0.717, 1.165) is 35.3 Å². The maximum atomic E-state index is 13.0. The first-order chi connectivity index (χ1) is 14.3. The predicted molar refractivity (Wildman–Crippen MR) is 116 cm³/mol. The van der Waals surface area contributed by atoms with Crippen LogP contribution in [0.4, 0.5) is 5.00 Å². The summed E-state index contributed by atoms with van der Waals surface area (Å²) in [6, 6.07) is 7.03. The predicted octanol–water partition coefficient (Wildman–Crippen LogP) is 2.48. The fourth-order valence-electron chi connectivity index (χ4n) is 3.85. The van der Waals surface area contributed by atoms with Gasteiger partial charge in [-0.1, -0.05) is 17.7 Å². The van der Waals surface area contributed by atoms with Gasteiger partial charge in [0.1, 0.15) is 10.8 Å². The largest absolute Gasteiger partial charge is 0.484 e. The van der Waals surface area contributed by atoms with Crippen molar-refractivity contribution in [3.8, 4) is 5.75 Å². The monoisotopic (exact) mass is 448 g/mol. The van der Waals surface area contributed by atoms with Crippen molar-refractivity contribution < 1.29 is 22.7 Å². The molecule has 1 aromatic carbocycles. The topological polar surface area (TPSA) is 102 Å². The molecule has 0 saturated carbocycles. The summed E-state index contributed by atoms with van der Waals surface area (Å²) in [6.07, 6.45) is 3.07. The molecule has 2 N–H and O–H groups in total. The summed E-state index contributed by atoms with van der Waals surface area (Å²) in [5, 5.41) is 6.18. The molecule has 1 aromatic heterocycles. The van der Waals surface area contributed by atoms with E-state index in [1.54, 1.807) is 12.1 Å². The number of nitrogens with one attached hydrogen (secondary N) is 2. The molecule has 0 spiro atoms. The first kappa shape index (κ1) is 20.9. The zero-order valence-electron chi connectivity index (χ0n) is 16.7. The van der Waals surface area contributed by atoms with Crippen molar-refractivity contribution in [3.05, 3.63) is 45.8 Å². The molecule has 1 aliphatic heterocycles. The van der Waals surface area contributed by atoms with E-state index < -0.39 is 9.84 Å². The minimum absolute atomic E-state index is 0.0306.